The number of carbonyl (C=O) groups is 2. The number of amides is 2. The van der Waals surface area contributed by atoms with Crippen LogP contribution in [0.2, 0.25) is 0 Å². The summed E-state index contributed by atoms with van der Waals surface area (Å²) in [5.74, 6) is -1.36. The van der Waals surface area contributed by atoms with Crippen molar-refractivity contribution in [2.24, 2.45) is 11.3 Å². The number of aromatic nitrogens is 3. The fourth-order valence-electron chi connectivity index (χ4n) is 6.75. The van der Waals surface area contributed by atoms with Crippen LogP contribution < -0.4 is 10.5 Å². The molecule has 11 nitrogen and oxygen atoms in total. The van der Waals surface area contributed by atoms with Crippen LogP contribution in [0.25, 0.3) is 10.9 Å². The number of piperidine rings is 1. The molecule has 0 bridgehead atoms. The molecule has 14 heteroatoms. The molecule has 1 aliphatic carbocycles. The summed E-state index contributed by atoms with van der Waals surface area (Å²) in [5.41, 5.74) is -1.98. The molecule has 3 fully saturated rings. The summed E-state index contributed by atoms with van der Waals surface area (Å²) in [5, 5.41) is 21.4. The first kappa shape index (κ1) is 29.1. The van der Waals surface area contributed by atoms with Gasteiger partial charge >= 0.3 is 12.3 Å². The number of alkyl halides is 3. The van der Waals surface area contributed by atoms with Crippen LogP contribution in [-0.2, 0) is 11.3 Å². The molecule has 224 valence electrons. The van der Waals surface area contributed by atoms with Crippen molar-refractivity contribution < 1.29 is 33.0 Å². The maximum absolute atomic E-state index is 13.5. The number of likely N-dealkylation sites (tertiary alicyclic amines) is 1. The van der Waals surface area contributed by atoms with E-state index >= 15 is 0 Å². The van der Waals surface area contributed by atoms with Crippen molar-refractivity contribution in [3.8, 4) is 0 Å². The number of fused-ring (bicyclic) bond motifs is 1. The highest BCUT2D eigenvalue weighted by Gasteiger charge is 2.56. The van der Waals surface area contributed by atoms with Crippen molar-refractivity contribution in [1.82, 2.24) is 24.3 Å². The second kappa shape index (κ2) is 10.8. The number of carboxylic acid groups (broad SMARTS) is 1. The van der Waals surface area contributed by atoms with Crippen LogP contribution in [0.5, 0.6) is 0 Å². The molecular weight excluding hydrogens is 545 g/mol. The number of rotatable bonds is 5. The second-order valence-electron chi connectivity index (χ2n) is 11.7. The van der Waals surface area contributed by atoms with Gasteiger partial charge in [0.15, 0.2) is 0 Å². The van der Waals surface area contributed by atoms with E-state index in [0.717, 1.165) is 12.8 Å². The van der Waals surface area contributed by atoms with Crippen LogP contribution in [0.3, 0.4) is 0 Å². The number of aliphatic hydroxyl groups is 1. The minimum absolute atomic E-state index is 0.0131. The van der Waals surface area contributed by atoms with E-state index in [4.69, 9.17) is 5.11 Å². The molecule has 1 spiro atoms. The Labute approximate surface area is 234 Å². The van der Waals surface area contributed by atoms with Gasteiger partial charge in [0.1, 0.15) is 0 Å². The first-order valence-electron chi connectivity index (χ1n) is 14.0. The summed E-state index contributed by atoms with van der Waals surface area (Å²) < 4.78 is 40.2. The summed E-state index contributed by atoms with van der Waals surface area (Å²) in [7, 11) is 0. The molecule has 1 unspecified atom stereocenters. The Balaban J connectivity index is 1.34. The molecule has 4 heterocycles. The van der Waals surface area contributed by atoms with Crippen molar-refractivity contribution in [2.75, 3.05) is 44.2 Å². The molecule has 3 aliphatic rings. The van der Waals surface area contributed by atoms with Gasteiger partial charge < -0.3 is 29.5 Å². The average Bonchev–Trinajstić information content (AvgIpc) is 3.40. The summed E-state index contributed by atoms with van der Waals surface area (Å²) in [6, 6.07) is 1.68. The Morgan fingerprint density at radius 3 is 2.39 bits per heavy atom. The van der Waals surface area contributed by atoms with Gasteiger partial charge in [-0.1, -0.05) is 19.8 Å². The molecular formula is C27H35F3N6O5. The van der Waals surface area contributed by atoms with Gasteiger partial charge in [0.25, 0.3) is 5.56 Å². The topological polar surface area (TPSA) is 132 Å². The zero-order valence-electron chi connectivity index (χ0n) is 22.9. The van der Waals surface area contributed by atoms with E-state index < -0.39 is 41.5 Å². The van der Waals surface area contributed by atoms with E-state index in [1.54, 1.807) is 12.3 Å². The maximum atomic E-state index is 13.5. The Kier molecular flexibility index (Phi) is 7.64. The van der Waals surface area contributed by atoms with Gasteiger partial charge in [-0.05, 0) is 25.3 Å². The first-order valence-corrected chi connectivity index (χ1v) is 14.0. The van der Waals surface area contributed by atoms with E-state index in [1.807, 2.05) is 4.90 Å². The normalized spacial score (nSPS) is 23.8. The SMILES string of the molecule is C[C@H](CC(F)(F)F)C(=O)N1CCC(O)(Cn2ccc3nc(N4CCN(C(=O)O)CC4)ncc3c2=O)C2(CCCC2)C1. The lowest BCUT2D eigenvalue weighted by atomic mass is 9.65. The average molecular weight is 581 g/mol. The van der Waals surface area contributed by atoms with Gasteiger partial charge in [0, 0.05) is 63.0 Å². The number of hydrogen-bond acceptors (Lipinski definition) is 7. The number of anilines is 1. The van der Waals surface area contributed by atoms with Crippen molar-refractivity contribution in [2.45, 2.75) is 63.8 Å². The smallest absolute Gasteiger partial charge is 0.407 e. The molecule has 2 aliphatic heterocycles. The van der Waals surface area contributed by atoms with Gasteiger partial charge in [-0.25, -0.2) is 14.8 Å². The predicted molar refractivity (Wildman–Crippen MR) is 142 cm³/mol. The lowest BCUT2D eigenvalue weighted by molar-refractivity contribution is -0.172. The summed E-state index contributed by atoms with van der Waals surface area (Å²) in [4.78, 5) is 51.1. The molecule has 2 aromatic rings. The highest BCUT2D eigenvalue weighted by Crippen LogP contribution is 2.51. The molecule has 0 aromatic carbocycles. The van der Waals surface area contributed by atoms with Gasteiger partial charge in [-0.3, -0.25) is 9.59 Å². The van der Waals surface area contributed by atoms with Gasteiger partial charge in [0.05, 0.1) is 29.5 Å². The summed E-state index contributed by atoms with van der Waals surface area (Å²) in [6.07, 6.45) is -0.540. The fourth-order valence-corrected chi connectivity index (χ4v) is 6.75. The van der Waals surface area contributed by atoms with E-state index in [0.29, 0.717) is 50.5 Å². The number of nitrogens with zero attached hydrogens (tertiary/aromatic N) is 6. The predicted octanol–water partition coefficient (Wildman–Crippen LogP) is 2.70. The van der Waals surface area contributed by atoms with E-state index in [9.17, 15) is 32.7 Å². The zero-order chi connectivity index (χ0) is 29.6. The number of piperazine rings is 1. The van der Waals surface area contributed by atoms with Crippen LogP contribution in [0.1, 0.15) is 45.4 Å². The quantitative estimate of drug-likeness (QED) is 0.552. The number of halogens is 3. The molecule has 2 saturated heterocycles. The lowest BCUT2D eigenvalue weighted by Crippen LogP contribution is -2.62. The van der Waals surface area contributed by atoms with Gasteiger partial charge in [-0.15, -0.1) is 0 Å². The minimum Gasteiger partial charge on any atom is -0.465 e. The lowest BCUT2D eigenvalue weighted by Gasteiger charge is -2.52. The fraction of sp³-hybridized carbons (Fsp3) is 0.667. The van der Waals surface area contributed by atoms with Gasteiger partial charge in [0.2, 0.25) is 11.9 Å². The second-order valence-corrected chi connectivity index (χ2v) is 11.7. The first-order chi connectivity index (χ1) is 19.3. The highest BCUT2D eigenvalue weighted by molar-refractivity contribution is 5.79. The third-order valence-corrected chi connectivity index (χ3v) is 9.08. The molecule has 5 rings (SSSR count). The van der Waals surface area contributed by atoms with E-state index in [2.05, 4.69) is 9.97 Å². The van der Waals surface area contributed by atoms with Crippen LogP contribution >= 0.6 is 0 Å². The third kappa shape index (κ3) is 5.70. The number of pyridine rings is 1. The zero-order valence-corrected chi connectivity index (χ0v) is 22.9. The van der Waals surface area contributed by atoms with Crippen LogP contribution in [0, 0.1) is 11.3 Å². The number of carbonyl (C=O) groups excluding carboxylic acids is 1. The highest BCUT2D eigenvalue weighted by atomic mass is 19.4. The van der Waals surface area contributed by atoms with E-state index in [-0.39, 0.29) is 37.0 Å². The molecule has 2 atom stereocenters. The van der Waals surface area contributed by atoms with Crippen molar-refractivity contribution in [3.63, 3.8) is 0 Å². The monoisotopic (exact) mass is 580 g/mol. The van der Waals surface area contributed by atoms with Crippen molar-refractivity contribution in [1.29, 1.82) is 0 Å². The van der Waals surface area contributed by atoms with Crippen LogP contribution in [0.4, 0.5) is 23.9 Å². The molecule has 2 aromatic heterocycles. The summed E-state index contributed by atoms with van der Waals surface area (Å²) >= 11 is 0. The largest absolute Gasteiger partial charge is 0.465 e. The number of hydrogen-bond donors (Lipinski definition) is 2. The molecule has 2 N–H and O–H groups in total. The standard InChI is InChI=1S/C27H35F3N6O5/c1-18(14-27(28,29)30)21(37)36-9-7-26(41,25(16-36)5-2-3-6-25)17-35-8-4-20-19(22(35)38)15-31-23(32-20)33-10-12-34(13-11-33)24(39)40/h4,8,15,18,41H,2-3,5-7,9-14,16-17H2,1H3,(H,39,40)/t18-,26?/m1/s1. The van der Waals surface area contributed by atoms with Crippen LogP contribution in [-0.4, -0.2) is 97.6 Å². The summed E-state index contributed by atoms with van der Waals surface area (Å²) in [6.45, 7) is 3.05. The van der Waals surface area contributed by atoms with E-state index in [1.165, 1.54) is 27.5 Å². The van der Waals surface area contributed by atoms with Crippen molar-refractivity contribution in [3.05, 3.63) is 28.8 Å². The molecule has 0 radical (unpaired) electrons. The third-order valence-electron chi connectivity index (χ3n) is 9.08. The minimum atomic E-state index is -4.44. The Morgan fingerprint density at radius 1 is 1.07 bits per heavy atom. The van der Waals surface area contributed by atoms with Crippen molar-refractivity contribution >= 4 is 28.9 Å². The maximum Gasteiger partial charge on any atom is 0.407 e. The Morgan fingerprint density at radius 2 is 1.76 bits per heavy atom. The van der Waals surface area contributed by atoms with Gasteiger partial charge in [-0.2, -0.15) is 13.2 Å². The molecule has 41 heavy (non-hydrogen) atoms. The molecule has 2 amide bonds. The molecule has 1 saturated carbocycles. The van der Waals surface area contributed by atoms with Crippen LogP contribution in [0.15, 0.2) is 23.3 Å². The Hall–Kier alpha value is -3.42. The Bertz CT molecular complexity index is 1370.